The summed E-state index contributed by atoms with van der Waals surface area (Å²) >= 11 is 0. The molecular weight excluding hydrogens is 318 g/mol. The number of nitrogens with zero attached hydrogens (tertiary/aromatic N) is 5. The Bertz CT molecular complexity index is 823. The summed E-state index contributed by atoms with van der Waals surface area (Å²) in [4.78, 5) is 26.6. The minimum absolute atomic E-state index is 0.103. The van der Waals surface area contributed by atoms with Gasteiger partial charge in [0.2, 0.25) is 0 Å². The molecule has 1 aliphatic heterocycles. The quantitative estimate of drug-likeness (QED) is 0.829. The van der Waals surface area contributed by atoms with E-state index in [2.05, 4.69) is 10.2 Å². The highest BCUT2D eigenvalue weighted by Gasteiger charge is 2.31. The van der Waals surface area contributed by atoms with Crippen molar-refractivity contribution in [1.82, 2.24) is 24.5 Å². The van der Waals surface area contributed by atoms with E-state index < -0.39 is 0 Å². The SMILES string of the molecule is CCCn1nc(C(=O)N2CCCC2Cn2nc(C)cc2C)ccc1=O. The molecule has 0 aromatic carbocycles. The minimum atomic E-state index is -0.168. The van der Waals surface area contributed by atoms with E-state index in [1.807, 2.05) is 36.4 Å². The lowest BCUT2D eigenvalue weighted by molar-refractivity contribution is 0.0712. The second-order valence-electron chi connectivity index (χ2n) is 6.68. The minimum Gasteiger partial charge on any atom is -0.332 e. The van der Waals surface area contributed by atoms with Crippen LogP contribution in [0.5, 0.6) is 0 Å². The molecule has 0 bridgehead atoms. The number of likely N-dealkylation sites (tertiary alicyclic amines) is 1. The van der Waals surface area contributed by atoms with Crippen molar-refractivity contribution in [3.63, 3.8) is 0 Å². The number of carbonyl (C=O) groups excluding carboxylic acids is 1. The molecule has 3 rings (SSSR count). The zero-order chi connectivity index (χ0) is 18.0. The maximum Gasteiger partial charge on any atom is 0.274 e. The van der Waals surface area contributed by atoms with Crippen molar-refractivity contribution in [2.75, 3.05) is 6.54 Å². The summed E-state index contributed by atoms with van der Waals surface area (Å²) in [5.41, 5.74) is 2.26. The standard InChI is InChI=1S/C18H25N5O2/c1-4-9-22-17(24)8-7-16(20-22)18(25)21-10-5-6-15(21)12-23-14(3)11-13(2)19-23/h7-8,11,15H,4-6,9-10,12H2,1-3H3. The number of hydrogen-bond donors (Lipinski definition) is 0. The zero-order valence-corrected chi connectivity index (χ0v) is 15.1. The maximum absolute atomic E-state index is 12.9. The number of aryl methyl sites for hydroxylation is 3. The lowest BCUT2D eigenvalue weighted by Gasteiger charge is -2.25. The predicted octanol–water partition coefficient (Wildman–Crippen LogP) is 1.77. The Morgan fingerprint density at radius 2 is 2.04 bits per heavy atom. The summed E-state index contributed by atoms with van der Waals surface area (Å²) < 4.78 is 3.34. The largest absolute Gasteiger partial charge is 0.332 e. The number of amides is 1. The van der Waals surface area contributed by atoms with Crippen molar-refractivity contribution in [2.24, 2.45) is 0 Å². The molecule has 7 nitrogen and oxygen atoms in total. The molecule has 1 fully saturated rings. The average Bonchev–Trinajstić information content (AvgIpc) is 3.16. The zero-order valence-electron chi connectivity index (χ0n) is 15.1. The fraction of sp³-hybridized carbons (Fsp3) is 0.556. The fourth-order valence-electron chi connectivity index (χ4n) is 3.43. The molecule has 1 aliphatic rings. The molecule has 1 atom stereocenters. The monoisotopic (exact) mass is 343 g/mol. The van der Waals surface area contributed by atoms with Gasteiger partial charge in [0.15, 0.2) is 0 Å². The molecule has 0 radical (unpaired) electrons. The molecule has 0 N–H and O–H groups in total. The first-order chi connectivity index (χ1) is 12.0. The third kappa shape index (κ3) is 3.65. The Morgan fingerprint density at radius 3 is 2.72 bits per heavy atom. The molecule has 3 heterocycles. The molecule has 2 aromatic heterocycles. The van der Waals surface area contributed by atoms with Crippen LogP contribution in [0.25, 0.3) is 0 Å². The molecule has 2 aromatic rings. The van der Waals surface area contributed by atoms with E-state index in [0.29, 0.717) is 18.8 Å². The van der Waals surface area contributed by atoms with Gasteiger partial charge in [-0.3, -0.25) is 14.3 Å². The molecule has 7 heteroatoms. The van der Waals surface area contributed by atoms with Gasteiger partial charge in [-0.1, -0.05) is 6.92 Å². The van der Waals surface area contributed by atoms with Crippen molar-refractivity contribution in [3.05, 3.63) is 45.6 Å². The second kappa shape index (κ2) is 7.21. The Balaban J connectivity index is 1.80. The third-order valence-electron chi connectivity index (χ3n) is 4.65. The number of carbonyl (C=O) groups is 1. The number of rotatable bonds is 5. The lowest BCUT2D eigenvalue weighted by atomic mass is 10.2. The molecule has 0 saturated carbocycles. The summed E-state index contributed by atoms with van der Waals surface area (Å²) in [7, 11) is 0. The number of aromatic nitrogens is 4. The van der Waals surface area contributed by atoms with Crippen molar-refractivity contribution >= 4 is 5.91 Å². The van der Waals surface area contributed by atoms with E-state index in [1.165, 1.54) is 16.8 Å². The summed E-state index contributed by atoms with van der Waals surface area (Å²) in [5.74, 6) is -0.103. The first-order valence-corrected chi connectivity index (χ1v) is 8.89. The topological polar surface area (TPSA) is 73.0 Å². The summed E-state index contributed by atoms with van der Waals surface area (Å²) in [6.45, 7) is 7.92. The van der Waals surface area contributed by atoms with E-state index >= 15 is 0 Å². The van der Waals surface area contributed by atoms with Crippen molar-refractivity contribution in [2.45, 2.75) is 59.2 Å². The highest BCUT2D eigenvalue weighted by atomic mass is 16.2. The van der Waals surface area contributed by atoms with Crippen LogP contribution in [-0.4, -0.2) is 43.0 Å². The van der Waals surface area contributed by atoms with Crippen LogP contribution >= 0.6 is 0 Å². The van der Waals surface area contributed by atoms with Gasteiger partial charge in [-0.15, -0.1) is 0 Å². The Morgan fingerprint density at radius 1 is 1.24 bits per heavy atom. The Kier molecular flexibility index (Phi) is 5.01. The van der Waals surface area contributed by atoms with E-state index in [-0.39, 0.29) is 17.5 Å². The van der Waals surface area contributed by atoms with Gasteiger partial charge in [0.05, 0.1) is 18.3 Å². The highest BCUT2D eigenvalue weighted by Crippen LogP contribution is 2.21. The Labute approximate surface area is 147 Å². The van der Waals surface area contributed by atoms with Crippen LogP contribution in [0.15, 0.2) is 23.0 Å². The van der Waals surface area contributed by atoms with Crippen molar-refractivity contribution in [3.8, 4) is 0 Å². The summed E-state index contributed by atoms with van der Waals surface area (Å²) in [5, 5.41) is 8.77. The van der Waals surface area contributed by atoms with Gasteiger partial charge in [-0.05, 0) is 45.2 Å². The Hall–Kier alpha value is -2.44. The van der Waals surface area contributed by atoms with Crippen molar-refractivity contribution < 1.29 is 4.79 Å². The summed E-state index contributed by atoms with van der Waals surface area (Å²) in [6.07, 6.45) is 2.73. The first kappa shape index (κ1) is 17.4. The lowest BCUT2D eigenvalue weighted by Crippen LogP contribution is -2.39. The van der Waals surface area contributed by atoms with Crippen LogP contribution in [0.4, 0.5) is 0 Å². The van der Waals surface area contributed by atoms with Gasteiger partial charge in [0.1, 0.15) is 5.69 Å². The van der Waals surface area contributed by atoms with E-state index in [9.17, 15) is 9.59 Å². The van der Waals surface area contributed by atoms with Gasteiger partial charge >= 0.3 is 0 Å². The number of hydrogen-bond acceptors (Lipinski definition) is 4. The predicted molar refractivity (Wildman–Crippen MR) is 94.5 cm³/mol. The van der Waals surface area contributed by atoms with Crippen LogP contribution in [0, 0.1) is 13.8 Å². The van der Waals surface area contributed by atoms with Crippen molar-refractivity contribution in [1.29, 1.82) is 0 Å². The van der Waals surface area contributed by atoms with Gasteiger partial charge in [-0.2, -0.15) is 10.2 Å². The van der Waals surface area contributed by atoms with Crippen LogP contribution in [0.2, 0.25) is 0 Å². The fourth-order valence-corrected chi connectivity index (χ4v) is 3.43. The van der Waals surface area contributed by atoms with E-state index in [4.69, 9.17) is 0 Å². The molecule has 0 spiro atoms. The van der Waals surface area contributed by atoms with Crippen LogP contribution in [0.3, 0.4) is 0 Å². The highest BCUT2D eigenvalue weighted by molar-refractivity contribution is 5.92. The second-order valence-corrected chi connectivity index (χ2v) is 6.68. The molecule has 25 heavy (non-hydrogen) atoms. The van der Waals surface area contributed by atoms with E-state index in [1.54, 1.807) is 0 Å². The van der Waals surface area contributed by atoms with E-state index in [0.717, 1.165) is 37.2 Å². The van der Waals surface area contributed by atoms with Gasteiger partial charge in [0.25, 0.3) is 11.5 Å². The average molecular weight is 343 g/mol. The summed E-state index contributed by atoms with van der Waals surface area (Å²) in [6, 6.07) is 5.12. The van der Waals surface area contributed by atoms with Crippen LogP contribution in [0.1, 0.15) is 48.1 Å². The molecule has 1 saturated heterocycles. The normalized spacial score (nSPS) is 17.2. The van der Waals surface area contributed by atoms with Gasteiger partial charge in [0, 0.05) is 24.8 Å². The molecule has 134 valence electrons. The third-order valence-corrected chi connectivity index (χ3v) is 4.65. The molecule has 1 unspecified atom stereocenters. The first-order valence-electron chi connectivity index (χ1n) is 8.89. The van der Waals surface area contributed by atoms with Crippen LogP contribution < -0.4 is 5.56 Å². The maximum atomic E-state index is 12.9. The van der Waals surface area contributed by atoms with Crippen LogP contribution in [-0.2, 0) is 13.1 Å². The smallest absolute Gasteiger partial charge is 0.274 e. The molecule has 0 aliphatic carbocycles. The van der Waals surface area contributed by atoms with Gasteiger partial charge in [-0.25, -0.2) is 4.68 Å². The van der Waals surface area contributed by atoms with Gasteiger partial charge < -0.3 is 4.90 Å². The molecule has 1 amide bonds. The molecular formula is C18H25N5O2.